The van der Waals surface area contributed by atoms with Crippen LogP contribution in [0, 0.1) is 5.41 Å². The van der Waals surface area contributed by atoms with Gasteiger partial charge in [-0.15, -0.1) is 0 Å². The summed E-state index contributed by atoms with van der Waals surface area (Å²) in [6.45, 7) is 7.33. The summed E-state index contributed by atoms with van der Waals surface area (Å²) in [5, 5.41) is 9.56. The predicted molar refractivity (Wildman–Crippen MR) is 56.3 cm³/mol. The predicted octanol–water partition coefficient (Wildman–Crippen LogP) is 2.47. The largest absolute Gasteiger partial charge is 0.509 e. The smallest absolute Gasteiger partial charge is 0.164 e. The van der Waals surface area contributed by atoms with Crippen molar-refractivity contribution in [3.63, 3.8) is 0 Å². The van der Waals surface area contributed by atoms with Crippen LogP contribution >= 0.6 is 0 Å². The Balaban J connectivity index is 0. The van der Waals surface area contributed by atoms with Crippen LogP contribution in [0.5, 0.6) is 0 Å². The van der Waals surface area contributed by atoms with Crippen molar-refractivity contribution in [2.45, 2.75) is 40.2 Å². The quantitative estimate of drug-likeness (QED) is 0.477. The first-order valence-corrected chi connectivity index (χ1v) is 4.80. The van der Waals surface area contributed by atoms with Crippen LogP contribution in [0.25, 0.3) is 0 Å². The summed E-state index contributed by atoms with van der Waals surface area (Å²) < 4.78 is 5.00. The summed E-state index contributed by atoms with van der Waals surface area (Å²) in [6, 6.07) is 0. The molecule has 0 aromatic heterocycles. The molecule has 0 saturated carbocycles. The van der Waals surface area contributed by atoms with Crippen molar-refractivity contribution in [2.24, 2.45) is 5.41 Å². The molecule has 0 saturated heterocycles. The number of carbonyl (C=O) groups is 1. The molecule has 89 valence electrons. The molecule has 1 unspecified atom stereocenters. The molecule has 4 heteroatoms. The zero-order valence-electron chi connectivity index (χ0n) is 10.0. The third-order valence-electron chi connectivity index (χ3n) is 2.00. The van der Waals surface area contributed by atoms with Crippen molar-refractivity contribution in [3.05, 3.63) is 11.8 Å². The van der Waals surface area contributed by atoms with Crippen molar-refractivity contribution in [1.29, 1.82) is 0 Å². The number of aliphatic hydroxyl groups is 1. The van der Waals surface area contributed by atoms with Crippen molar-refractivity contribution >= 4 is 5.78 Å². The van der Waals surface area contributed by atoms with E-state index in [0.29, 0.717) is 6.42 Å². The van der Waals surface area contributed by atoms with Gasteiger partial charge in [0.25, 0.3) is 0 Å². The Labute approximate surface area is 102 Å². The molecule has 0 bridgehead atoms. The van der Waals surface area contributed by atoms with Crippen LogP contribution in [-0.2, 0) is 26.6 Å². The molecule has 0 aromatic carbocycles. The Morgan fingerprint density at radius 2 is 1.93 bits per heavy atom. The number of allylic oxidation sites excluding steroid dienone is 1. The number of ketones is 1. The van der Waals surface area contributed by atoms with Crippen LogP contribution in [0.4, 0.5) is 0 Å². The molecule has 3 nitrogen and oxygen atoms in total. The molecular formula is C11H20MnO3. The summed E-state index contributed by atoms with van der Waals surface area (Å²) in [5.41, 5.74) is -0.458. The van der Waals surface area contributed by atoms with Crippen molar-refractivity contribution in [3.8, 4) is 0 Å². The molecule has 0 aromatic rings. The van der Waals surface area contributed by atoms with E-state index in [4.69, 9.17) is 4.74 Å². The van der Waals surface area contributed by atoms with Crippen LogP contribution in [-0.4, -0.2) is 24.1 Å². The van der Waals surface area contributed by atoms with Gasteiger partial charge in [0.2, 0.25) is 0 Å². The van der Waals surface area contributed by atoms with Crippen LogP contribution in [0.15, 0.2) is 11.8 Å². The third kappa shape index (κ3) is 5.98. The van der Waals surface area contributed by atoms with E-state index in [-0.39, 0.29) is 34.7 Å². The number of hydrogen-bond donors (Lipinski definition) is 1. The van der Waals surface area contributed by atoms with Gasteiger partial charge in [-0.1, -0.05) is 27.7 Å². The van der Waals surface area contributed by atoms with Gasteiger partial charge in [0.05, 0.1) is 0 Å². The second-order valence-electron chi connectivity index (χ2n) is 4.32. The number of rotatable bonds is 4. The van der Waals surface area contributed by atoms with E-state index in [9.17, 15) is 9.90 Å². The van der Waals surface area contributed by atoms with Gasteiger partial charge < -0.3 is 9.84 Å². The van der Waals surface area contributed by atoms with Crippen LogP contribution in [0.2, 0.25) is 0 Å². The van der Waals surface area contributed by atoms with Crippen LogP contribution in [0.3, 0.4) is 0 Å². The van der Waals surface area contributed by atoms with E-state index in [1.807, 2.05) is 27.7 Å². The molecule has 15 heavy (non-hydrogen) atoms. The van der Waals surface area contributed by atoms with Gasteiger partial charge in [0.15, 0.2) is 5.78 Å². The van der Waals surface area contributed by atoms with Gasteiger partial charge >= 0.3 is 0 Å². The first-order valence-electron chi connectivity index (χ1n) is 4.80. The number of ether oxygens (including phenoxy) is 1. The normalized spacial score (nSPS) is 14.3. The molecular weight excluding hydrogens is 235 g/mol. The SMILES string of the molecule is CCC(OC)/C(O)=C/C(=O)C(C)(C)C.[Mn]. The van der Waals surface area contributed by atoms with E-state index in [1.165, 1.54) is 13.2 Å². The van der Waals surface area contributed by atoms with Gasteiger partial charge in [-0.05, 0) is 6.42 Å². The number of methoxy groups -OCH3 is 1. The summed E-state index contributed by atoms with van der Waals surface area (Å²) in [4.78, 5) is 11.5. The summed E-state index contributed by atoms with van der Waals surface area (Å²) in [6.07, 6.45) is 1.54. The van der Waals surface area contributed by atoms with Gasteiger partial charge in [-0.2, -0.15) is 0 Å². The zero-order chi connectivity index (χ0) is 11.4. The van der Waals surface area contributed by atoms with Gasteiger partial charge in [0, 0.05) is 35.7 Å². The first-order chi connectivity index (χ1) is 6.32. The van der Waals surface area contributed by atoms with E-state index in [1.54, 1.807) is 0 Å². The van der Waals surface area contributed by atoms with E-state index in [0.717, 1.165) is 0 Å². The fourth-order valence-electron chi connectivity index (χ4n) is 0.940. The van der Waals surface area contributed by atoms with Gasteiger partial charge in [-0.3, -0.25) is 4.79 Å². The maximum atomic E-state index is 11.5. The third-order valence-corrected chi connectivity index (χ3v) is 2.00. The Kier molecular flexibility index (Phi) is 8.03. The summed E-state index contributed by atoms with van der Waals surface area (Å²) in [5.74, 6) is -0.0829. The zero-order valence-corrected chi connectivity index (χ0v) is 11.2. The maximum Gasteiger partial charge on any atom is 0.164 e. The Bertz CT molecular complexity index is 224. The van der Waals surface area contributed by atoms with Crippen LogP contribution < -0.4 is 0 Å². The Morgan fingerprint density at radius 3 is 2.20 bits per heavy atom. The molecule has 1 radical (unpaired) electrons. The molecule has 0 rings (SSSR count). The average Bonchev–Trinajstić information content (AvgIpc) is 2.04. The second-order valence-corrected chi connectivity index (χ2v) is 4.32. The Hall–Kier alpha value is -0.311. The van der Waals surface area contributed by atoms with Crippen LogP contribution in [0.1, 0.15) is 34.1 Å². The number of carbonyl (C=O) groups excluding carboxylic acids is 1. The van der Waals surface area contributed by atoms with E-state index < -0.39 is 5.41 Å². The minimum Gasteiger partial charge on any atom is -0.509 e. The molecule has 1 atom stereocenters. The molecule has 0 amide bonds. The van der Waals surface area contributed by atoms with E-state index in [2.05, 4.69) is 0 Å². The number of hydrogen-bond acceptors (Lipinski definition) is 3. The molecule has 0 spiro atoms. The molecule has 0 fully saturated rings. The minimum absolute atomic E-state index is 0. The molecule has 0 aliphatic rings. The molecule has 0 aliphatic heterocycles. The topological polar surface area (TPSA) is 46.5 Å². The minimum atomic E-state index is -0.458. The fraction of sp³-hybridized carbons (Fsp3) is 0.727. The standard InChI is InChI=1S/C11H20O3.Mn/c1-6-9(14-5)8(12)7-10(13)11(2,3)4;/h7,9,12H,6H2,1-5H3;/b8-7-;. The van der Waals surface area contributed by atoms with Crippen molar-refractivity contribution in [2.75, 3.05) is 7.11 Å². The number of aliphatic hydroxyl groups excluding tert-OH is 1. The molecule has 0 heterocycles. The van der Waals surface area contributed by atoms with E-state index >= 15 is 0 Å². The summed E-state index contributed by atoms with van der Waals surface area (Å²) >= 11 is 0. The second kappa shape index (κ2) is 7.04. The summed E-state index contributed by atoms with van der Waals surface area (Å²) in [7, 11) is 1.51. The van der Waals surface area contributed by atoms with Crippen molar-refractivity contribution < 1.29 is 31.7 Å². The maximum absolute atomic E-state index is 11.5. The van der Waals surface area contributed by atoms with Gasteiger partial charge in [-0.25, -0.2) is 0 Å². The van der Waals surface area contributed by atoms with Gasteiger partial charge in [0.1, 0.15) is 11.9 Å². The average molecular weight is 255 g/mol. The molecule has 1 N–H and O–H groups in total. The fourth-order valence-corrected chi connectivity index (χ4v) is 0.940. The Morgan fingerprint density at radius 1 is 1.47 bits per heavy atom. The first kappa shape index (κ1) is 17.1. The van der Waals surface area contributed by atoms with Crippen molar-refractivity contribution in [1.82, 2.24) is 0 Å². The monoisotopic (exact) mass is 255 g/mol. The molecule has 0 aliphatic carbocycles.